The van der Waals surface area contributed by atoms with E-state index in [1.54, 1.807) is 4.90 Å². The molecule has 0 N–H and O–H groups in total. The van der Waals surface area contributed by atoms with E-state index in [0.717, 1.165) is 19.3 Å². The lowest BCUT2D eigenvalue weighted by molar-refractivity contribution is -0.160. The molecule has 0 radical (unpaired) electrons. The Morgan fingerprint density at radius 2 is 1.65 bits per heavy atom. The number of alkyl halides is 2. The fraction of sp³-hybridized carbons (Fsp3) is 0.875. The average Bonchev–Trinajstić information content (AvgIpc) is 2.46. The molecule has 134 valence electrons. The van der Waals surface area contributed by atoms with E-state index < -0.39 is 14.9 Å². The molecule has 1 aliphatic heterocycles. The zero-order valence-electron chi connectivity index (χ0n) is 14.5. The number of amides is 1. The van der Waals surface area contributed by atoms with Crippen LogP contribution in [0.4, 0.5) is 4.79 Å². The Balaban J connectivity index is 2.54. The van der Waals surface area contributed by atoms with E-state index in [9.17, 15) is 9.59 Å². The SMILES string of the molecule is CCC(C)(C)OC(=O)N1CCC(C(C)(C)OC(=O)C(Br)Br)CC1. The van der Waals surface area contributed by atoms with Crippen molar-refractivity contribution < 1.29 is 19.1 Å². The van der Waals surface area contributed by atoms with Crippen molar-refractivity contribution in [3.63, 3.8) is 0 Å². The Bertz CT molecular complexity index is 430. The number of ether oxygens (including phenoxy) is 2. The Hall–Kier alpha value is -0.300. The molecule has 0 atom stereocenters. The van der Waals surface area contributed by atoms with E-state index in [1.165, 1.54) is 0 Å². The molecule has 0 aromatic heterocycles. The largest absolute Gasteiger partial charge is 0.458 e. The van der Waals surface area contributed by atoms with Crippen LogP contribution in [-0.4, -0.2) is 45.0 Å². The second kappa shape index (κ2) is 8.19. The second-order valence-electron chi connectivity index (χ2n) is 7.07. The summed E-state index contributed by atoms with van der Waals surface area (Å²) in [7, 11) is 0. The molecule has 1 saturated heterocycles. The van der Waals surface area contributed by atoms with Crippen LogP contribution in [0.3, 0.4) is 0 Å². The molecule has 1 rings (SSSR count). The molecule has 0 spiro atoms. The molecule has 1 amide bonds. The van der Waals surface area contributed by atoms with Crippen LogP contribution in [-0.2, 0) is 14.3 Å². The fourth-order valence-corrected chi connectivity index (χ4v) is 2.70. The summed E-state index contributed by atoms with van der Waals surface area (Å²) in [4.78, 5) is 25.7. The maximum Gasteiger partial charge on any atom is 0.410 e. The molecule has 0 aliphatic carbocycles. The monoisotopic (exact) mass is 455 g/mol. The van der Waals surface area contributed by atoms with E-state index in [-0.39, 0.29) is 18.0 Å². The van der Waals surface area contributed by atoms with Crippen LogP contribution in [0.2, 0.25) is 0 Å². The van der Waals surface area contributed by atoms with Gasteiger partial charge in [-0.25, -0.2) is 9.59 Å². The quantitative estimate of drug-likeness (QED) is 0.452. The third-order valence-corrected chi connectivity index (χ3v) is 5.24. The van der Waals surface area contributed by atoms with E-state index >= 15 is 0 Å². The third kappa shape index (κ3) is 6.25. The van der Waals surface area contributed by atoms with Crippen molar-refractivity contribution in [3.05, 3.63) is 0 Å². The highest BCUT2D eigenvalue weighted by molar-refractivity contribution is 9.25. The Labute approximate surface area is 155 Å². The maximum absolute atomic E-state index is 12.2. The van der Waals surface area contributed by atoms with Gasteiger partial charge in [-0.3, -0.25) is 0 Å². The highest BCUT2D eigenvalue weighted by Crippen LogP contribution is 2.32. The zero-order valence-corrected chi connectivity index (χ0v) is 17.7. The first kappa shape index (κ1) is 20.7. The van der Waals surface area contributed by atoms with Crippen LogP contribution in [0.1, 0.15) is 53.9 Å². The van der Waals surface area contributed by atoms with Crippen molar-refractivity contribution in [2.24, 2.45) is 5.92 Å². The van der Waals surface area contributed by atoms with Gasteiger partial charge >= 0.3 is 12.1 Å². The second-order valence-corrected chi connectivity index (χ2v) is 10.1. The molecular weight excluding hydrogens is 430 g/mol. The van der Waals surface area contributed by atoms with E-state index in [0.29, 0.717) is 13.1 Å². The number of hydrogen-bond donors (Lipinski definition) is 0. The predicted molar refractivity (Wildman–Crippen MR) is 97.0 cm³/mol. The van der Waals surface area contributed by atoms with Crippen LogP contribution in [0.15, 0.2) is 0 Å². The molecule has 0 aromatic rings. The third-order valence-electron chi connectivity index (χ3n) is 4.49. The van der Waals surface area contributed by atoms with Crippen LogP contribution in [0.5, 0.6) is 0 Å². The fourth-order valence-electron chi connectivity index (χ4n) is 2.52. The van der Waals surface area contributed by atoms with Crippen molar-refractivity contribution in [1.29, 1.82) is 0 Å². The molecule has 0 saturated carbocycles. The van der Waals surface area contributed by atoms with Gasteiger partial charge in [0.25, 0.3) is 0 Å². The number of hydrogen-bond acceptors (Lipinski definition) is 4. The van der Waals surface area contributed by atoms with E-state index in [1.807, 2.05) is 34.6 Å². The van der Waals surface area contributed by atoms with Crippen LogP contribution in [0.25, 0.3) is 0 Å². The molecule has 23 heavy (non-hydrogen) atoms. The molecular formula is C16H27Br2NO4. The van der Waals surface area contributed by atoms with Gasteiger partial charge in [0, 0.05) is 19.0 Å². The summed E-state index contributed by atoms with van der Waals surface area (Å²) in [5, 5.41) is 0. The van der Waals surface area contributed by atoms with Crippen LogP contribution < -0.4 is 0 Å². The summed E-state index contributed by atoms with van der Waals surface area (Å²) in [6.45, 7) is 10.9. The van der Waals surface area contributed by atoms with Crippen molar-refractivity contribution in [2.45, 2.75) is 68.8 Å². The first-order valence-electron chi connectivity index (χ1n) is 7.97. The minimum absolute atomic E-state index is 0.216. The lowest BCUT2D eigenvalue weighted by Crippen LogP contribution is -2.47. The van der Waals surface area contributed by atoms with Gasteiger partial charge in [-0.05, 0) is 47.0 Å². The van der Waals surface area contributed by atoms with Gasteiger partial charge < -0.3 is 14.4 Å². The van der Waals surface area contributed by atoms with Gasteiger partial charge in [-0.2, -0.15) is 0 Å². The molecule has 0 unspecified atom stereocenters. The van der Waals surface area contributed by atoms with Gasteiger partial charge in [0.2, 0.25) is 0 Å². The lowest BCUT2D eigenvalue weighted by Gasteiger charge is -2.40. The van der Waals surface area contributed by atoms with Gasteiger partial charge in [0.1, 0.15) is 11.2 Å². The summed E-state index contributed by atoms with van der Waals surface area (Å²) in [5.41, 5.74) is -1.00. The Morgan fingerprint density at radius 1 is 1.13 bits per heavy atom. The molecule has 0 bridgehead atoms. The molecule has 1 heterocycles. The van der Waals surface area contributed by atoms with Crippen LogP contribution in [0, 0.1) is 5.92 Å². The summed E-state index contributed by atoms with van der Waals surface area (Å²) >= 11 is 6.30. The molecule has 0 aromatic carbocycles. The molecule has 5 nitrogen and oxygen atoms in total. The number of carbonyl (C=O) groups is 2. The van der Waals surface area contributed by atoms with Crippen molar-refractivity contribution in [2.75, 3.05) is 13.1 Å². The average molecular weight is 457 g/mol. The van der Waals surface area contributed by atoms with Crippen LogP contribution >= 0.6 is 31.9 Å². The number of halogens is 2. The molecule has 1 aliphatic rings. The predicted octanol–water partition coefficient (Wildman–Crippen LogP) is 4.46. The van der Waals surface area contributed by atoms with Crippen molar-refractivity contribution in [3.8, 4) is 0 Å². The van der Waals surface area contributed by atoms with Gasteiger partial charge in [0.15, 0.2) is 3.74 Å². The molecule has 7 heteroatoms. The number of rotatable bonds is 5. The number of nitrogens with zero attached hydrogens (tertiary/aromatic N) is 1. The minimum Gasteiger partial charge on any atom is -0.458 e. The maximum atomic E-state index is 12.2. The van der Waals surface area contributed by atoms with Gasteiger partial charge in [-0.1, -0.05) is 38.8 Å². The topological polar surface area (TPSA) is 55.8 Å². The van der Waals surface area contributed by atoms with Gasteiger partial charge in [-0.15, -0.1) is 0 Å². The summed E-state index contributed by atoms with van der Waals surface area (Å²) in [5.74, 6) is -0.116. The van der Waals surface area contributed by atoms with Crippen molar-refractivity contribution in [1.82, 2.24) is 4.90 Å². The number of carbonyl (C=O) groups excluding carboxylic acids is 2. The lowest BCUT2D eigenvalue weighted by atomic mass is 9.83. The first-order chi connectivity index (χ1) is 10.5. The summed E-state index contributed by atoms with van der Waals surface area (Å²) in [6, 6.07) is 0. The van der Waals surface area contributed by atoms with Crippen molar-refractivity contribution >= 4 is 43.9 Å². The van der Waals surface area contributed by atoms with Gasteiger partial charge in [0.05, 0.1) is 0 Å². The Morgan fingerprint density at radius 3 is 2.09 bits per heavy atom. The standard InChI is InChI=1S/C16H27Br2NO4/c1-6-15(2,3)23-14(21)19-9-7-11(8-10-19)16(4,5)22-13(20)12(17)18/h11-12H,6-10H2,1-5H3. The number of piperidine rings is 1. The molecule has 1 fully saturated rings. The summed E-state index contributed by atoms with van der Waals surface area (Å²) in [6.07, 6.45) is 2.10. The number of likely N-dealkylation sites (tertiary alicyclic amines) is 1. The van der Waals surface area contributed by atoms with E-state index in [2.05, 4.69) is 31.9 Å². The highest BCUT2D eigenvalue weighted by Gasteiger charge is 2.38. The van der Waals surface area contributed by atoms with E-state index in [4.69, 9.17) is 9.47 Å². The zero-order chi connectivity index (χ0) is 17.8. The summed E-state index contributed by atoms with van der Waals surface area (Å²) < 4.78 is 10.6. The normalized spacial score (nSPS) is 17.3. The Kier molecular flexibility index (Phi) is 7.38. The highest BCUT2D eigenvalue weighted by atomic mass is 79.9. The smallest absolute Gasteiger partial charge is 0.410 e. The minimum atomic E-state index is -0.560. The number of esters is 1. The first-order valence-corrected chi connectivity index (χ1v) is 9.80.